The van der Waals surface area contributed by atoms with Gasteiger partial charge in [-0.05, 0) is 13.8 Å². The molecule has 0 aromatic heterocycles. The summed E-state index contributed by atoms with van der Waals surface area (Å²) in [4.78, 5) is 13.8. The lowest BCUT2D eigenvalue weighted by Gasteiger charge is -2.22. The first-order valence-corrected chi connectivity index (χ1v) is 8.56. The third-order valence-corrected chi connectivity index (χ3v) is 6.29. The Balaban J connectivity index is 2.91. The van der Waals surface area contributed by atoms with Crippen molar-refractivity contribution in [2.45, 2.75) is 20.8 Å². The number of carbonyl (C=O) groups excluding carboxylic acids is 1. The largest absolute Gasteiger partial charge is 0.343 e. The van der Waals surface area contributed by atoms with E-state index in [1.807, 2.05) is 51.1 Å². The molecule has 1 aromatic rings. The van der Waals surface area contributed by atoms with Crippen molar-refractivity contribution in [3.8, 4) is 0 Å². The summed E-state index contributed by atoms with van der Waals surface area (Å²) in [6.45, 7) is 7.13. The standard InChI is InChI=1S/C14H22NO2P/c1-4-15(5-2)14(16)12-18(17,6-3)13-10-8-7-9-11-13/h7-11H,4-6,12H2,1-3H3. The molecule has 0 heterocycles. The van der Waals surface area contributed by atoms with Crippen LogP contribution in [0.1, 0.15) is 20.8 Å². The molecule has 18 heavy (non-hydrogen) atoms. The first-order chi connectivity index (χ1) is 8.57. The molecule has 100 valence electrons. The van der Waals surface area contributed by atoms with E-state index >= 15 is 0 Å². The van der Waals surface area contributed by atoms with Crippen LogP contribution in [0.25, 0.3) is 0 Å². The average molecular weight is 267 g/mol. The highest BCUT2D eigenvalue weighted by molar-refractivity contribution is 7.72. The number of carbonyl (C=O) groups is 1. The molecule has 0 fully saturated rings. The van der Waals surface area contributed by atoms with Gasteiger partial charge in [0.1, 0.15) is 7.14 Å². The molecule has 1 rings (SSSR count). The van der Waals surface area contributed by atoms with Crippen molar-refractivity contribution >= 4 is 18.4 Å². The van der Waals surface area contributed by atoms with Gasteiger partial charge in [0.25, 0.3) is 0 Å². The fourth-order valence-electron chi connectivity index (χ4n) is 1.98. The van der Waals surface area contributed by atoms with Crippen LogP contribution in [0.2, 0.25) is 0 Å². The number of nitrogens with zero attached hydrogens (tertiary/aromatic N) is 1. The Bertz CT molecular complexity index is 427. The molecule has 0 aliphatic carbocycles. The molecule has 0 N–H and O–H groups in total. The summed E-state index contributed by atoms with van der Waals surface area (Å²) < 4.78 is 12.9. The Labute approximate surface area is 110 Å². The van der Waals surface area contributed by atoms with Gasteiger partial charge in [-0.15, -0.1) is 0 Å². The van der Waals surface area contributed by atoms with Gasteiger partial charge in [-0.1, -0.05) is 37.3 Å². The van der Waals surface area contributed by atoms with E-state index in [1.54, 1.807) is 4.90 Å². The topological polar surface area (TPSA) is 37.4 Å². The number of amides is 1. The van der Waals surface area contributed by atoms with Gasteiger partial charge in [0, 0.05) is 24.6 Å². The SMILES string of the molecule is CCN(CC)C(=O)CP(=O)(CC)c1ccccc1. The molecule has 3 nitrogen and oxygen atoms in total. The third kappa shape index (κ3) is 3.46. The van der Waals surface area contributed by atoms with Gasteiger partial charge in [0.15, 0.2) is 0 Å². The molecule has 0 saturated heterocycles. The van der Waals surface area contributed by atoms with Crippen molar-refractivity contribution in [3.05, 3.63) is 30.3 Å². The summed E-state index contributed by atoms with van der Waals surface area (Å²) in [7, 11) is -2.58. The second kappa shape index (κ2) is 6.75. The maximum absolute atomic E-state index is 12.9. The van der Waals surface area contributed by atoms with E-state index in [-0.39, 0.29) is 12.1 Å². The Kier molecular flexibility index (Phi) is 5.61. The first-order valence-electron chi connectivity index (χ1n) is 6.48. The Hall–Kier alpha value is -1.08. The van der Waals surface area contributed by atoms with Gasteiger partial charge in [-0.3, -0.25) is 4.79 Å². The molecule has 0 saturated carbocycles. The van der Waals surface area contributed by atoms with Crippen LogP contribution in [0.3, 0.4) is 0 Å². The predicted molar refractivity (Wildman–Crippen MR) is 77.0 cm³/mol. The number of benzene rings is 1. The molecule has 0 radical (unpaired) electrons. The number of rotatable bonds is 6. The molecule has 1 atom stereocenters. The van der Waals surface area contributed by atoms with Gasteiger partial charge in [-0.25, -0.2) is 0 Å². The van der Waals surface area contributed by atoms with Crippen LogP contribution < -0.4 is 5.30 Å². The van der Waals surface area contributed by atoms with Crippen LogP contribution in [0.4, 0.5) is 0 Å². The van der Waals surface area contributed by atoms with E-state index in [9.17, 15) is 9.36 Å². The summed E-state index contributed by atoms with van der Waals surface area (Å²) in [5.74, 6) is -0.00552. The lowest BCUT2D eigenvalue weighted by atomic mass is 10.4. The highest BCUT2D eigenvalue weighted by Crippen LogP contribution is 2.43. The van der Waals surface area contributed by atoms with Crippen LogP contribution >= 0.6 is 7.14 Å². The van der Waals surface area contributed by atoms with Gasteiger partial charge >= 0.3 is 0 Å². The van der Waals surface area contributed by atoms with Crippen molar-refractivity contribution in [1.82, 2.24) is 4.90 Å². The first kappa shape index (κ1) is 15.0. The van der Waals surface area contributed by atoms with Crippen molar-refractivity contribution in [2.24, 2.45) is 0 Å². The van der Waals surface area contributed by atoms with Crippen molar-refractivity contribution in [1.29, 1.82) is 0 Å². The molecule has 0 bridgehead atoms. The minimum atomic E-state index is -2.58. The van der Waals surface area contributed by atoms with E-state index in [0.29, 0.717) is 19.3 Å². The number of hydrogen-bond donors (Lipinski definition) is 0. The van der Waals surface area contributed by atoms with E-state index in [2.05, 4.69) is 0 Å². The second-order valence-corrected chi connectivity index (χ2v) is 7.51. The molecular weight excluding hydrogens is 245 g/mol. The molecular formula is C14H22NO2P. The van der Waals surface area contributed by atoms with Gasteiger partial charge < -0.3 is 9.46 Å². The maximum Gasteiger partial charge on any atom is 0.230 e. The van der Waals surface area contributed by atoms with E-state index < -0.39 is 7.14 Å². The van der Waals surface area contributed by atoms with Crippen LogP contribution in [-0.2, 0) is 9.36 Å². The predicted octanol–water partition coefficient (Wildman–Crippen LogP) is 2.56. The van der Waals surface area contributed by atoms with Crippen molar-refractivity contribution < 1.29 is 9.36 Å². The van der Waals surface area contributed by atoms with E-state index in [4.69, 9.17) is 0 Å². The fourth-order valence-corrected chi connectivity index (χ4v) is 4.10. The van der Waals surface area contributed by atoms with Crippen LogP contribution in [0.15, 0.2) is 30.3 Å². The monoisotopic (exact) mass is 267 g/mol. The molecule has 0 spiro atoms. The van der Waals surface area contributed by atoms with Gasteiger partial charge in [0.2, 0.25) is 5.91 Å². The number of hydrogen-bond acceptors (Lipinski definition) is 2. The highest BCUT2D eigenvalue weighted by atomic mass is 31.2. The summed E-state index contributed by atoms with van der Waals surface area (Å²) in [5, 5.41) is 0.813. The Morgan fingerprint density at radius 3 is 2.11 bits per heavy atom. The zero-order valence-corrected chi connectivity index (χ0v) is 12.3. The molecule has 4 heteroatoms. The summed E-state index contributed by atoms with van der Waals surface area (Å²) in [6, 6.07) is 9.37. The van der Waals surface area contributed by atoms with Crippen molar-refractivity contribution in [2.75, 3.05) is 25.4 Å². The smallest absolute Gasteiger partial charge is 0.230 e. The summed E-state index contributed by atoms with van der Waals surface area (Å²) >= 11 is 0. The van der Waals surface area contributed by atoms with E-state index in [0.717, 1.165) is 5.30 Å². The maximum atomic E-state index is 12.9. The molecule has 0 aliphatic rings. The Morgan fingerprint density at radius 1 is 1.11 bits per heavy atom. The molecule has 1 aromatic carbocycles. The molecule has 0 aliphatic heterocycles. The normalized spacial score (nSPS) is 13.9. The van der Waals surface area contributed by atoms with Crippen LogP contribution in [0, 0.1) is 0 Å². The zero-order chi connectivity index (χ0) is 13.6. The third-order valence-electron chi connectivity index (χ3n) is 3.24. The lowest BCUT2D eigenvalue weighted by Crippen LogP contribution is -2.34. The average Bonchev–Trinajstić information content (AvgIpc) is 2.41. The van der Waals surface area contributed by atoms with Crippen LogP contribution in [0.5, 0.6) is 0 Å². The van der Waals surface area contributed by atoms with Gasteiger partial charge in [0.05, 0.1) is 6.16 Å². The molecule has 1 unspecified atom stereocenters. The summed E-state index contributed by atoms with van der Waals surface area (Å²) in [6.07, 6.45) is 0.680. The Morgan fingerprint density at radius 2 is 1.67 bits per heavy atom. The van der Waals surface area contributed by atoms with Gasteiger partial charge in [-0.2, -0.15) is 0 Å². The zero-order valence-electron chi connectivity index (χ0n) is 11.4. The second-order valence-electron chi connectivity index (χ2n) is 4.27. The fraction of sp³-hybridized carbons (Fsp3) is 0.500. The minimum Gasteiger partial charge on any atom is -0.343 e. The van der Waals surface area contributed by atoms with E-state index in [1.165, 1.54) is 0 Å². The lowest BCUT2D eigenvalue weighted by molar-refractivity contribution is -0.128. The van der Waals surface area contributed by atoms with Crippen molar-refractivity contribution in [3.63, 3.8) is 0 Å². The highest BCUT2D eigenvalue weighted by Gasteiger charge is 2.27. The molecule has 1 amide bonds. The minimum absolute atomic E-state index is 0.00552. The van der Waals surface area contributed by atoms with Crippen LogP contribution in [-0.4, -0.2) is 36.2 Å². The summed E-state index contributed by atoms with van der Waals surface area (Å²) in [5.41, 5.74) is 0. The quantitative estimate of drug-likeness (QED) is 0.743.